The maximum Gasteiger partial charge on any atom is 0.242 e. The van der Waals surface area contributed by atoms with Crippen LogP contribution in [0.1, 0.15) is 44.3 Å². The van der Waals surface area contributed by atoms with Crippen LogP contribution < -0.4 is 0 Å². The highest BCUT2D eigenvalue weighted by Crippen LogP contribution is 2.29. The zero-order valence-corrected chi connectivity index (χ0v) is 18.3. The highest BCUT2D eigenvalue weighted by atomic mass is 32.2. The minimum Gasteiger partial charge on any atom is -0.358 e. The second kappa shape index (κ2) is 10.1. The summed E-state index contributed by atoms with van der Waals surface area (Å²) in [5, 5.41) is 2.23. The molecule has 0 saturated carbocycles. The Balaban J connectivity index is 1.78. The molecule has 1 aromatic heterocycles. The van der Waals surface area contributed by atoms with Gasteiger partial charge in [-0.05, 0) is 25.0 Å². The highest BCUT2D eigenvalue weighted by Gasteiger charge is 2.17. The lowest BCUT2D eigenvalue weighted by atomic mass is 10.2. The number of rotatable bonds is 8. The molecule has 0 N–H and O–H groups in total. The molecule has 5 heteroatoms. The Bertz CT molecular complexity index is 902. The van der Waals surface area contributed by atoms with Gasteiger partial charge >= 0.3 is 0 Å². The van der Waals surface area contributed by atoms with Crippen LogP contribution in [0.25, 0.3) is 21.8 Å². The van der Waals surface area contributed by atoms with E-state index in [4.69, 9.17) is 12.2 Å². The van der Waals surface area contributed by atoms with Crippen LogP contribution >= 0.6 is 24.0 Å². The van der Waals surface area contributed by atoms with Crippen molar-refractivity contribution in [1.82, 2.24) is 9.47 Å². The number of thioether (sulfide) groups is 1. The number of aromatic nitrogens is 1. The van der Waals surface area contributed by atoms with Gasteiger partial charge in [0.25, 0.3) is 0 Å². The van der Waals surface area contributed by atoms with Crippen molar-refractivity contribution >= 4 is 56.0 Å². The second-order valence-corrected chi connectivity index (χ2v) is 8.62. The molecule has 0 amide bonds. The Morgan fingerprint density at radius 3 is 1.93 bits per heavy atom. The molecular weight excluding hydrogens is 384 g/mol. The molecule has 0 atom stereocenters. The number of carbonyl (C=O) groups is 1. The summed E-state index contributed by atoms with van der Waals surface area (Å²) in [6.07, 6.45) is 4.56. The SMILES string of the molecule is CCCCN(CCCC)C(=S)SCC(=O)n1c2ccccc2c2ccccc21. The normalized spacial score (nSPS) is 11.2. The Labute approximate surface area is 177 Å². The molecule has 0 radical (unpaired) electrons. The summed E-state index contributed by atoms with van der Waals surface area (Å²) < 4.78 is 2.69. The van der Waals surface area contributed by atoms with Crippen LogP contribution in [0.2, 0.25) is 0 Å². The number of fused-ring (bicyclic) bond motifs is 3. The van der Waals surface area contributed by atoms with E-state index in [1.807, 2.05) is 41.0 Å². The summed E-state index contributed by atoms with van der Waals surface area (Å²) in [6, 6.07) is 16.2. The van der Waals surface area contributed by atoms with Gasteiger partial charge in [-0.15, -0.1) is 0 Å². The molecule has 0 saturated heterocycles. The number of benzene rings is 2. The molecule has 0 spiro atoms. The zero-order valence-electron chi connectivity index (χ0n) is 16.7. The van der Waals surface area contributed by atoms with Gasteiger partial charge in [-0.3, -0.25) is 9.36 Å². The van der Waals surface area contributed by atoms with Crippen molar-refractivity contribution in [3.63, 3.8) is 0 Å². The van der Waals surface area contributed by atoms with E-state index in [1.165, 1.54) is 11.8 Å². The van der Waals surface area contributed by atoms with E-state index in [2.05, 4.69) is 30.9 Å². The van der Waals surface area contributed by atoms with E-state index < -0.39 is 0 Å². The first-order valence-electron chi connectivity index (χ1n) is 10.1. The molecule has 0 aliphatic heterocycles. The van der Waals surface area contributed by atoms with Gasteiger partial charge in [0.05, 0.1) is 16.8 Å². The Hall–Kier alpha value is -1.85. The van der Waals surface area contributed by atoms with Crippen molar-refractivity contribution in [2.75, 3.05) is 18.8 Å². The zero-order chi connectivity index (χ0) is 19.9. The Morgan fingerprint density at radius 2 is 1.43 bits per heavy atom. The van der Waals surface area contributed by atoms with Crippen molar-refractivity contribution in [1.29, 1.82) is 0 Å². The van der Waals surface area contributed by atoms with E-state index in [9.17, 15) is 4.79 Å². The van der Waals surface area contributed by atoms with Gasteiger partial charge in [0, 0.05) is 23.9 Å². The van der Waals surface area contributed by atoms with Gasteiger partial charge < -0.3 is 4.90 Å². The summed E-state index contributed by atoms with van der Waals surface area (Å²) in [5.41, 5.74) is 1.93. The minimum atomic E-state index is 0.0793. The molecule has 3 nitrogen and oxygen atoms in total. The first kappa shape index (κ1) is 20.9. The van der Waals surface area contributed by atoms with Gasteiger partial charge in [0.2, 0.25) is 5.91 Å². The molecule has 3 aromatic rings. The maximum atomic E-state index is 13.2. The van der Waals surface area contributed by atoms with Crippen LogP contribution in [-0.4, -0.2) is 38.5 Å². The molecule has 0 fully saturated rings. The molecule has 0 bridgehead atoms. The number of thiocarbonyl (C=S) groups is 1. The molecule has 28 heavy (non-hydrogen) atoms. The molecular formula is C23H28N2OS2. The first-order valence-corrected chi connectivity index (χ1v) is 11.5. The number of unbranched alkanes of at least 4 members (excludes halogenated alkanes) is 2. The number of carbonyl (C=O) groups excluding carboxylic acids is 1. The van der Waals surface area contributed by atoms with Gasteiger partial charge in [0.15, 0.2) is 0 Å². The fourth-order valence-corrected chi connectivity index (χ4v) is 4.56. The highest BCUT2D eigenvalue weighted by molar-refractivity contribution is 8.23. The van der Waals surface area contributed by atoms with Crippen LogP contribution in [0.4, 0.5) is 0 Å². The van der Waals surface area contributed by atoms with E-state index in [0.717, 1.165) is 64.9 Å². The number of nitrogens with zero attached hydrogens (tertiary/aromatic N) is 2. The molecule has 3 rings (SSSR count). The predicted octanol–water partition coefficient (Wildman–Crippen LogP) is 6.36. The number of hydrogen-bond acceptors (Lipinski definition) is 3. The number of hydrogen-bond donors (Lipinski definition) is 0. The fraction of sp³-hybridized carbons (Fsp3) is 0.391. The minimum absolute atomic E-state index is 0.0793. The van der Waals surface area contributed by atoms with E-state index in [1.54, 1.807) is 0 Å². The summed E-state index contributed by atoms with van der Waals surface area (Å²) >= 11 is 7.16. The van der Waals surface area contributed by atoms with Crippen molar-refractivity contribution in [3.8, 4) is 0 Å². The van der Waals surface area contributed by atoms with Gasteiger partial charge in [-0.2, -0.15) is 0 Å². The van der Waals surface area contributed by atoms with Crippen molar-refractivity contribution in [3.05, 3.63) is 48.5 Å². The van der Waals surface area contributed by atoms with E-state index >= 15 is 0 Å². The molecule has 0 aliphatic carbocycles. The van der Waals surface area contributed by atoms with Crippen LogP contribution in [0, 0.1) is 0 Å². The summed E-state index contributed by atoms with van der Waals surface area (Å²) in [7, 11) is 0. The summed E-state index contributed by atoms with van der Waals surface area (Å²) in [6.45, 7) is 6.35. The lowest BCUT2D eigenvalue weighted by Gasteiger charge is -2.24. The monoisotopic (exact) mass is 412 g/mol. The first-order chi connectivity index (χ1) is 13.7. The maximum absolute atomic E-state index is 13.2. The quantitative estimate of drug-likeness (QED) is 0.402. The van der Waals surface area contributed by atoms with Crippen LogP contribution in [0.15, 0.2) is 48.5 Å². The Kier molecular flexibility index (Phi) is 7.51. The Morgan fingerprint density at radius 1 is 0.929 bits per heavy atom. The third kappa shape index (κ3) is 4.58. The lowest BCUT2D eigenvalue weighted by molar-refractivity contribution is 0.0952. The average molecular weight is 413 g/mol. The van der Waals surface area contributed by atoms with Crippen molar-refractivity contribution in [2.45, 2.75) is 39.5 Å². The van der Waals surface area contributed by atoms with Gasteiger partial charge in [-0.25, -0.2) is 0 Å². The molecule has 2 aromatic carbocycles. The third-order valence-corrected chi connectivity index (χ3v) is 6.48. The predicted molar refractivity (Wildman–Crippen MR) is 127 cm³/mol. The van der Waals surface area contributed by atoms with Crippen molar-refractivity contribution in [2.24, 2.45) is 0 Å². The molecule has 0 aliphatic rings. The topological polar surface area (TPSA) is 25.2 Å². The van der Waals surface area contributed by atoms with Gasteiger partial charge in [-0.1, -0.05) is 87.1 Å². The third-order valence-electron chi connectivity index (χ3n) is 4.97. The average Bonchev–Trinajstić information content (AvgIpc) is 3.06. The smallest absolute Gasteiger partial charge is 0.242 e. The molecule has 1 heterocycles. The molecule has 148 valence electrons. The second-order valence-electron chi connectivity index (χ2n) is 7.01. The number of para-hydroxylation sites is 2. The summed E-state index contributed by atoms with van der Waals surface area (Å²) in [4.78, 5) is 15.4. The summed E-state index contributed by atoms with van der Waals surface area (Å²) in [5.74, 6) is 0.437. The van der Waals surface area contributed by atoms with Crippen molar-refractivity contribution < 1.29 is 4.79 Å². The standard InChI is InChI=1S/C23H28N2OS2/c1-3-5-15-24(16-6-4-2)23(27)28-17-22(26)25-20-13-9-7-11-18(20)19-12-8-10-14-21(19)25/h7-14H,3-6,15-17H2,1-2H3. The van der Waals surface area contributed by atoms with Crippen LogP contribution in [-0.2, 0) is 0 Å². The largest absolute Gasteiger partial charge is 0.358 e. The van der Waals surface area contributed by atoms with E-state index in [-0.39, 0.29) is 5.91 Å². The van der Waals surface area contributed by atoms with Crippen LogP contribution in [0.3, 0.4) is 0 Å². The lowest BCUT2D eigenvalue weighted by Crippen LogP contribution is -2.30. The van der Waals surface area contributed by atoms with Crippen LogP contribution in [0.5, 0.6) is 0 Å². The fourth-order valence-electron chi connectivity index (χ4n) is 3.46. The molecule has 0 unspecified atom stereocenters. The van der Waals surface area contributed by atoms with Gasteiger partial charge in [0.1, 0.15) is 4.32 Å². The van der Waals surface area contributed by atoms with E-state index in [0.29, 0.717) is 5.75 Å².